The van der Waals surface area contributed by atoms with Crippen molar-refractivity contribution in [2.45, 2.75) is 104 Å². The Hall–Kier alpha value is -4.39. The van der Waals surface area contributed by atoms with Crippen LogP contribution in [0.25, 0.3) is 44.5 Å². The molecular weight excluding hydrogens is 718 g/mol. The molecule has 0 saturated heterocycles. The van der Waals surface area contributed by atoms with Gasteiger partial charge in [0.1, 0.15) is 11.6 Å². The molecule has 0 heterocycles. The summed E-state index contributed by atoms with van der Waals surface area (Å²) in [6.45, 7) is 4.46. The van der Waals surface area contributed by atoms with Crippen LogP contribution in [-0.4, -0.2) is 12.3 Å². The van der Waals surface area contributed by atoms with Crippen LogP contribution in [0.4, 0.5) is 8.78 Å². The van der Waals surface area contributed by atoms with Crippen LogP contribution in [0.15, 0.2) is 133 Å². The van der Waals surface area contributed by atoms with Crippen LogP contribution in [0.5, 0.6) is 0 Å². The van der Waals surface area contributed by atoms with Crippen molar-refractivity contribution in [1.82, 2.24) is 0 Å². The molecule has 6 aromatic rings. The lowest BCUT2D eigenvalue weighted by Crippen LogP contribution is -1.91. The van der Waals surface area contributed by atoms with Gasteiger partial charge in [-0.05, 0) is 144 Å². The van der Waals surface area contributed by atoms with Gasteiger partial charge in [0.15, 0.2) is 0 Å². The fourth-order valence-electron chi connectivity index (χ4n) is 7.73. The zero-order valence-corrected chi connectivity index (χ0v) is 35.3. The van der Waals surface area contributed by atoms with E-state index in [9.17, 15) is 0 Å². The third-order valence-corrected chi connectivity index (χ3v) is 12.7. The summed E-state index contributed by atoms with van der Waals surface area (Å²) in [7, 11) is 1.01. The van der Waals surface area contributed by atoms with Gasteiger partial charge in [0, 0.05) is 11.1 Å². The number of hydrogen-bond acceptors (Lipinski definition) is 0. The van der Waals surface area contributed by atoms with Gasteiger partial charge in [0.05, 0.1) is 0 Å². The Kier molecular flexibility index (Phi) is 16.7. The molecule has 0 N–H and O–H groups in total. The van der Waals surface area contributed by atoms with Crippen molar-refractivity contribution in [3.63, 3.8) is 0 Å². The van der Waals surface area contributed by atoms with Crippen LogP contribution in [0.1, 0.15) is 100 Å². The van der Waals surface area contributed by atoms with E-state index >= 15 is 8.78 Å². The number of benzene rings is 6. The minimum Gasteiger partial charge on any atom is -0.206 e. The average molecular weight is 779 g/mol. The van der Waals surface area contributed by atoms with Gasteiger partial charge in [-0.2, -0.15) is 0 Å². The molecule has 0 saturated carbocycles. The minimum atomic E-state index is -0.171. The molecule has 0 spiro atoms. The fourth-order valence-corrected chi connectivity index (χ4v) is 8.98. The summed E-state index contributed by atoms with van der Waals surface area (Å²) < 4.78 is 30.5. The average Bonchev–Trinajstić information content (AvgIpc) is 3.24. The number of unbranched alkanes of at least 4 members (excludes halogenated alkanes) is 6. The predicted octanol–water partition coefficient (Wildman–Crippen LogP) is 16.1. The van der Waals surface area contributed by atoms with Crippen molar-refractivity contribution in [3.8, 4) is 44.5 Å². The van der Waals surface area contributed by atoms with Gasteiger partial charge in [0.2, 0.25) is 0 Å². The first-order valence-electron chi connectivity index (χ1n) is 21.7. The summed E-state index contributed by atoms with van der Waals surface area (Å²) in [6, 6.07) is 45.4. The van der Waals surface area contributed by atoms with Gasteiger partial charge in [-0.15, -0.1) is 8.58 Å². The molecule has 0 amide bonds. The highest BCUT2D eigenvalue weighted by Crippen LogP contribution is 2.31. The predicted molar refractivity (Wildman–Crippen MR) is 245 cm³/mol. The van der Waals surface area contributed by atoms with E-state index in [-0.39, 0.29) is 11.6 Å². The molecule has 0 nitrogen and oxygen atoms in total. The number of rotatable bonds is 22. The van der Waals surface area contributed by atoms with Gasteiger partial charge in [0.25, 0.3) is 0 Å². The molecule has 0 radical (unpaired) electrons. The summed E-state index contributed by atoms with van der Waals surface area (Å²) in [5, 5.41) is 0. The second-order valence-electron chi connectivity index (χ2n) is 15.8. The SMILES string of the molecule is CCCCCc1ccc(-c2ccc(-c3ccc(CCCCPCCCCc4ccc(-c5ccc(-c6ccc(CCCCC)cc6)cc5F)cc4)cc3)c(F)c2)cc1. The van der Waals surface area contributed by atoms with E-state index in [1.165, 1.54) is 98.8 Å². The Morgan fingerprint density at radius 3 is 0.947 bits per heavy atom. The summed E-state index contributed by atoms with van der Waals surface area (Å²) in [5.41, 5.74) is 12.5. The first-order valence-corrected chi connectivity index (χ1v) is 23.1. The van der Waals surface area contributed by atoms with E-state index in [0.29, 0.717) is 11.1 Å². The van der Waals surface area contributed by atoms with Gasteiger partial charge in [-0.1, -0.05) is 161 Å². The second kappa shape index (κ2) is 22.5. The number of halogens is 2. The summed E-state index contributed by atoms with van der Waals surface area (Å²) in [5.74, 6) is -0.343. The molecule has 0 fully saturated rings. The molecule has 0 atom stereocenters. The van der Waals surface area contributed by atoms with E-state index in [0.717, 1.165) is 67.6 Å². The molecule has 3 heteroatoms. The summed E-state index contributed by atoms with van der Waals surface area (Å²) >= 11 is 0. The molecular formula is C54H61F2P. The first-order chi connectivity index (χ1) is 28.0. The zero-order valence-electron chi connectivity index (χ0n) is 34.3. The summed E-state index contributed by atoms with van der Waals surface area (Å²) in [4.78, 5) is 0. The van der Waals surface area contributed by atoms with Crippen LogP contribution in [0.3, 0.4) is 0 Å². The topological polar surface area (TPSA) is 0 Å². The highest BCUT2D eigenvalue weighted by atomic mass is 31.1. The third-order valence-electron chi connectivity index (χ3n) is 11.3. The van der Waals surface area contributed by atoms with Gasteiger partial charge in [-0.3, -0.25) is 0 Å². The van der Waals surface area contributed by atoms with E-state index < -0.39 is 0 Å². The molecule has 0 aliphatic heterocycles. The van der Waals surface area contributed by atoms with Crippen molar-refractivity contribution in [2.75, 3.05) is 12.3 Å². The molecule has 0 bridgehead atoms. The maximum Gasteiger partial charge on any atom is 0.131 e. The van der Waals surface area contributed by atoms with E-state index in [4.69, 9.17) is 0 Å². The Morgan fingerprint density at radius 1 is 0.333 bits per heavy atom. The molecule has 0 aromatic heterocycles. The Balaban J connectivity index is 0.853. The lowest BCUT2D eigenvalue weighted by Gasteiger charge is -2.09. The van der Waals surface area contributed by atoms with Crippen LogP contribution in [0.2, 0.25) is 0 Å². The van der Waals surface area contributed by atoms with Gasteiger partial charge < -0.3 is 0 Å². The van der Waals surface area contributed by atoms with Crippen molar-refractivity contribution in [3.05, 3.63) is 167 Å². The molecule has 0 unspecified atom stereocenters. The largest absolute Gasteiger partial charge is 0.206 e. The smallest absolute Gasteiger partial charge is 0.131 e. The maximum atomic E-state index is 15.3. The van der Waals surface area contributed by atoms with Crippen molar-refractivity contribution >= 4 is 8.58 Å². The highest BCUT2D eigenvalue weighted by Gasteiger charge is 2.10. The number of hydrogen-bond donors (Lipinski definition) is 0. The van der Waals surface area contributed by atoms with Crippen LogP contribution < -0.4 is 0 Å². The molecule has 6 rings (SSSR count). The lowest BCUT2D eigenvalue weighted by molar-refractivity contribution is 0.631. The number of aryl methyl sites for hydroxylation is 4. The van der Waals surface area contributed by atoms with E-state index in [2.05, 4.69) is 111 Å². The monoisotopic (exact) mass is 778 g/mol. The van der Waals surface area contributed by atoms with Crippen molar-refractivity contribution in [1.29, 1.82) is 0 Å². The van der Waals surface area contributed by atoms with Crippen LogP contribution >= 0.6 is 8.58 Å². The maximum absolute atomic E-state index is 15.3. The van der Waals surface area contributed by atoms with E-state index in [1.54, 1.807) is 12.1 Å². The zero-order chi connectivity index (χ0) is 39.7. The van der Waals surface area contributed by atoms with Gasteiger partial charge in [-0.25, -0.2) is 8.78 Å². The van der Waals surface area contributed by atoms with E-state index in [1.807, 2.05) is 24.3 Å². The van der Waals surface area contributed by atoms with Gasteiger partial charge >= 0.3 is 0 Å². The lowest BCUT2D eigenvalue weighted by atomic mass is 9.97. The quantitative estimate of drug-likeness (QED) is 0.0476. The standard InChI is InChI=1S/C54H61F2P/c1-3-5-7-13-41-17-25-45(26-18-41)49-33-35-51(53(55)39-49)47-29-21-43(22-30-47)15-9-11-37-57-38-12-10-16-44-23-31-48(32-24-44)52-36-34-50(40-54(52)56)46-27-19-42(20-28-46)14-8-6-4-2/h17-36,39-40,57H,3-16,37-38H2,1-2H3. The molecule has 296 valence electrons. The summed E-state index contributed by atoms with van der Waals surface area (Å²) in [6.07, 6.45) is 19.2. The first kappa shape index (κ1) is 42.2. The Labute approximate surface area is 344 Å². The third kappa shape index (κ3) is 12.8. The fraction of sp³-hybridized carbons (Fsp3) is 0.333. The Morgan fingerprint density at radius 2 is 0.632 bits per heavy atom. The van der Waals surface area contributed by atoms with Crippen LogP contribution in [0, 0.1) is 11.6 Å². The highest BCUT2D eigenvalue weighted by molar-refractivity contribution is 7.37. The molecule has 6 aromatic carbocycles. The Bertz CT molecular complexity index is 1930. The molecule has 57 heavy (non-hydrogen) atoms. The van der Waals surface area contributed by atoms with Crippen molar-refractivity contribution < 1.29 is 8.78 Å². The van der Waals surface area contributed by atoms with Crippen LogP contribution in [-0.2, 0) is 25.7 Å². The molecule has 0 aliphatic carbocycles. The van der Waals surface area contributed by atoms with Crippen molar-refractivity contribution in [2.24, 2.45) is 0 Å². The normalized spacial score (nSPS) is 11.3. The molecule has 0 aliphatic rings. The minimum absolute atomic E-state index is 0.171. The second-order valence-corrected chi connectivity index (χ2v) is 17.3.